The number of nitrogens with zero attached hydrogens (tertiary/aromatic N) is 3. The molecule has 30 heavy (non-hydrogen) atoms. The first-order chi connectivity index (χ1) is 14.3. The Morgan fingerprint density at radius 2 is 2.17 bits per heavy atom. The van der Waals surface area contributed by atoms with Crippen molar-refractivity contribution in [2.24, 2.45) is 22.4 Å². The van der Waals surface area contributed by atoms with Crippen LogP contribution in [-0.2, 0) is 0 Å². The molecule has 0 saturated carbocycles. The molecule has 2 aromatic heterocycles. The molecule has 2 heterocycles. The lowest BCUT2D eigenvalue weighted by Crippen LogP contribution is -2.30. The molecule has 6 heteroatoms. The van der Waals surface area contributed by atoms with Gasteiger partial charge in [-0.3, -0.25) is 4.79 Å². The van der Waals surface area contributed by atoms with E-state index in [-0.39, 0.29) is 16.8 Å². The third-order valence-corrected chi connectivity index (χ3v) is 7.10. The summed E-state index contributed by atoms with van der Waals surface area (Å²) in [5.41, 5.74) is 4.76. The highest BCUT2D eigenvalue weighted by atomic mass is 19.1. The van der Waals surface area contributed by atoms with Crippen LogP contribution in [0.5, 0.6) is 0 Å². The zero-order chi connectivity index (χ0) is 21.0. The first-order valence-corrected chi connectivity index (χ1v) is 10.8. The smallest absolute Gasteiger partial charge is 0.298 e. The van der Waals surface area contributed by atoms with E-state index in [2.05, 4.69) is 35.8 Å². The molecule has 0 fully saturated rings. The molecule has 5 nitrogen and oxygen atoms in total. The number of rotatable bonds is 2. The van der Waals surface area contributed by atoms with Gasteiger partial charge in [0.25, 0.3) is 5.56 Å². The summed E-state index contributed by atoms with van der Waals surface area (Å²) in [5, 5.41) is 5.11. The van der Waals surface area contributed by atoms with Crippen LogP contribution in [-0.4, -0.2) is 20.9 Å². The number of fused-ring (bicyclic) bond motifs is 3. The molecule has 156 valence electrons. The van der Waals surface area contributed by atoms with Crippen molar-refractivity contribution in [1.82, 2.24) is 14.6 Å². The second-order valence-electron chi connectivity index (χ2n) is 9.57. The molecule has 2 atom stereocenters. The molecular formula is C24H27FN4O. The average molecular weight is 407 g/mol. The van der Waals surface area contributed by atoms with E-state index in [1.54, 1.807) is 17.2 Å². The summed E-state index contributed by atoms with van der Waals surface area (Å²) in [4.78, 5) is 20.4. The van der Waals surface area contributed by atoms with Gasteiger partial charge in [-0.15, -0.1) is 0 Å². The second-order valence-corrected chi connectivity index (χ2v) is 9.57. The fourth-order valence-electron chi connectivity index (χ4n) is 5.30. The predicted molar refractivity (Wildman–Crippen MR) is 118 cm³/mol. The fourth-order valence-corrected chi connectivity index (χ4v) is 5.30. The highest BCUT2D eigenvalue weighted by Gasteiger charge is 2.36. The van der Waals surface area contributed by atoms with Crippen molar-refractivity contribution in [3.05, 3.63) is 51.8 Å². The van der Waals surface area contributed by atoms with Gasteiger partial charge in [-0.1, -0.05) is 31.9 Å². The second kappa shape index (κ2) is 6.89. The Kier molecular flexibility index (Phi) is 4.42. The lowest BCUT2D eigenvalue weighted by Gasteiger charge is -2.42. The van der Waals surface area contributed by atoms with E-state index in [1.165, 1.54) is 42.4 Å². The number of nitrogens with one attached hydrogen (secondary N) is 1. The molecular weight excluding hydrogens is 379 g/mol. The van der Waals surface area contributed by atoms with Crippen molar-refractivity contribution in [3.63, 3.8) is 0 Å². The number of aromatic amines is 1. The third kappa shape index (κ3) is 3.09. The molecule has 0 aliphatic heterocycles. The molecule has 0 radical (unpaired) electrons. The minimum Gasteiger partial charge on any atom is -0.349 e. The molecule has 0 bridgehead atoms. The van der Waals surface area contributed by atoms with Crippen molar-refractivity contribution < 1.29 is 4.39 Å². The number of aromatic nitrogens is 3. The molecule has 5 rings (SSSR count). The van der Waals surface area contributed by atoms with Gasteiger partial charge < -0.3 is 4.98 Å². The Hall–Kier alpha value is -2.76. The molecule has 0 amide bonds. The monoisotopic (exact) mass is 406 g/mol. The van der Waals surface area contributed by atoms with Gasteiger partial charge in [-0.2, -0.15) is 9.78 Å². The van der Waals surface area contributed by atoms with Crippen LogP contribution in [0.15, 0.2) is 45.6 Å². The largest absolute Gasteiger partial charge is 0.349 e. The van der Waals surface area contributed by atoms with Crippen LogP contribution in [0.2, 0.25) is 0 Å². The van der Waals surface area contributed by atoms with Gasteiger partial charge in [0, 0.05) is 23.0 Å². The van der Waals surface area contributed by atoms with Crippen LogP contribution in [0.25, 0.3) is 21.9 Å². The Bertz CT molecular complexity index is 1260. The molecule has 3 aromatic rings. The predicted octanol–water partition coefficient (Wildman–Crippen LogP) is 5.40. The SMILES string of the molecule is CC1CC2=C(CC1C=Nn1cnc3c([nH]c4ccc(F)cc43)c1=O)C(C)(C)CCC2. The number of halogens is 1. The average Bonchev–Trinajstić information content (AvgIpc) is 3.06. The lowest BCUT2D eigenvalue weighted by atomic mass is 9.63. The topological polar surface area (TPSA) is 63.0 Å². The minimum atomic E-state index is -0.349. The number of allylic oxidation sites excluding steroid dienone is 2. The van der Waals surface area contributed by atoms with E-state index < -0.39 is 0 Å². The summed E-state index contributed by atoms with van der Waals surface area (Å²) in [5.74, 6) is 0.461. The van der Waals surface area contributed by atoms with Crippen molar-refractivity contribution in [1.29, 1.82) is 0 Å². The first-order valence-electron chi connectivity index (χ1n) is 10.8. The van der Waals surface area contributed by atoms with Crippen LogP contribution < -0.4 is 5.56 Å². The zero-order valence-electron chi connectivity index (χ0n) is 17.7. The normalized spacial score (nSPS) is 24.1. The summed E-state index contributed by atoms with van der Waals surface area (Å²) in [6, 6.07) is 4.39. The summed E-state index contributed by atoms with van der Waals surface area (Å²) >= 11 is 0. The van der Waals surface area contributed by atoms with E-state index in [0.29, 0.717) is 33.8 Å². The maximum Gasteiger partial charge on any atom is 0.298 e. The summed E-state index contributed by atoms with van der Waals surface area (Å²) in [6.07, 6.45) is 9.25. The Morgan fingerprint density at radius 1 is 1.33 bits per heavy atom. The standard InChI is InChI=1S/C24H27FN4O/c1-14-9-15-5-4-8-24(2,3)19(15)10-16(14)12-27-29-13-26-21-18-11-17(25)6-7-20(18)28-22(21)23(29)30/h6-7,11-14,16,28H,4-5,8-10H2,1-3H3. The van der Waals surface area contributed by atoms with Crippen molar-refractivity contribution in [3.8, 4) is 0 Å². The molecule has 2 unspecified atom stereocenters. The van der Waals surface area contributed by atoms with Crippen molar-refractivity contribution in [2.75, 3.05) is 0 Å². The Balaban J connectivity index is 1.48. The van der Waals surface area contributed by atoms with Crippen LogP contribution in [0.3, 0.4) is 0 Å². The number of hydrogen-bond donors (Lipinski definition) is 1. The molecule has 1 N–H and O–H groups in total. The molecule has 0 saturated heterocycles. The molecule has 2 aliphatic rings. The zero-order valence-corrected chi connectivity index (χ0v) is 17.7. The van der Waals surface area contributed by atoms with E-state index in [4.69, 9.17) is 0 Å². The van der Waals surface area contributed by atoms with Crippen LogP contribution in [0, 0.1) is 23.1 Å². The van der Waals surface area contributed by atoms with E-state index in [0.717, 1.165) is 12.8 Å². The van der Waals surface area contributed by atoms with E-state index in [1.807, 2.05) is 6.21 Å². The van der Waals surface area contributed by atoms with Gasteiger partial charge in [0.2, 0.25) is 0 Å². The minimum absolute atomic E-state index is 0.261. The van der Waals surface area contributed by atoms with Gasteiger partial charge in [-0.25, -0.2) is 9.37 Å². The summed E-state index contributed by atoms with van der Waals surface area (Å²) in [6.45, 7) is 6.98. The number of H-pyrrole nitrogens is 1. The fraction of sp³-hybridized carbons (Fsp3) is 0.458. The van der Waals surface area contributed by atoms with Gasteiger partial charge in [0.15, 0.2) is 0 Å². The summed E-state index contributed by atoms with van der Waals surface area (Å²) in [7, 11) is 0. The lowest BCUT2D eigenvalue weighted by molar-refractivity contribution is 0.295. The van der Waals surface area contributed by atoms with E-state index >= 15 is 0 Å². The number of hydrogen-bond acceptors (Lipinski definition) is 3. The highest BCUT2D eigenvalue weighted by Crippen LogP contribution is 2.48. The quantitative estimate of drug-likeness (QED) is 0.457. The van der Waals surface area contributed by atoms with Gasteiger partial charge in [0.05, 0.1) is 0 Å². The van der Waals surface area contributed by atoms with Crippen molar-refractivity contribution >= 4 is 28.2 Å². The molecule has 1 aromatic carbocycles. The molecule has 0 spiro atoms. The van der Waals surface area contributed by atoms with Crippen LogP contribution in [0.1, 0.15) is 52.9 Å². The first kappa shape index (κ1) is 19.2. The number of benzene rings is 1. The van der Waals surface area contributed by atoms with Gasteiger partial charge in [-0.05, 0) is 61.6 Å². The van der Waals surface area contributed by atoms with Crippen molar-refractivity contribution in [2.45, 2.75) is 52.9 Å². The van der Waals surface area contributed by atoms with Gasteiger partial charge in [0.1, 0.15) is 23.2 Å². The van der Waals surface area contributed by atoms with Crippen LogP contribution in [0.4, 0.5) is 4.39 Å². The maximum atomic E-state index is 13.6. The maximum absolute atomic E-state index is 13.6. The Morgan fingerprint density at radius 3 is 3.00 bits per heavy atom. The third-order valence-electron chi connectivity index (χ3n) is 7.10. The van der Waals surface area contributed by atoms with E-state index in [9.17, 15) is 9.18 Å². The highest BCUT2D eigenvalue weighted by molar-refractivity contribution is 6.04. The van der Waals surface area contributed by atoms with Gasteiger partial charge >= 0.3 is 0 Å². The Labute approximate surface area is 174 Å². The molecule has 2 aliphatic carbocycles. The van der Waals surface area contributed by atoms with Crippen LogP contribution >= 0.6 is 0 Å². The summed E-state index contributed by atoms with van der Waals surface area (Å²) < 4.78 is 14.9.